The molecule has 2 N–H and O–H groups in total. The summed E-state index contributed by atoms with van der Waals surface area (Å²) in [6.45, 7) is 0. The third kappa shape index (κ3) is 2.72. The molecule has 0 radical (unpaired) electrons. The van der Waals surface area contributed by atoms with Crippen LogP contribution in [-0.4, -0.2) is 10.2 Å². The molecule has 96 valence electrons. The smallest absolute Gasteiger partial charge is 0.237 e. The molecule has 0 aliphatic heterocycles. The minimum Gasteiger partial charge on any atom is -0.423 e. The summed E-state index contributed by atoms with van der Waals surface area (Å²) >= 11 is 1.65. The van der Waals surface area contributed by atoms with Crippen LogP contribution in [0.5, 0.6) is 0 Å². The van der Waals surface area contributed by atoms with Crippen LogP contribution in [0.15, 0.2) is 51.6 Å². The van der Waals surface area contributed by atoms with Crippen molar-refractivity contribution in [2.24, 2.45) is 5.73 Å². The molecule has 4 nitrogen and oxygen atoms in total. The van der Waals surface area contributed by atoms with Crippen molar-refractivity contribution in [2.45, 2.75) is 12.5 Å². The van der Waals surface area contributed by atoms with Crippen LogP contribution >= 0.6 is 11.3 Å². The lowest BCUT2D eigenvalue weighted by Crippen LogP contribution is -2.11. The summed E-state index contributed by atoms with van der Waals surface area (Å²) in [5, 5.41) is 12.2. The van der Waals surface area contributed by atoms with E-state index in [9.17, 15) is 0 Å². The van der Waals surface area contributed by atoms with Gasteiger partial charge in [0.2, 0.25) is 11.8 Å². The van der Waals surface area contributed by atoms with E-state index in [1.54, 1.807) is 11.3 Å². The zero-order chi connectivity index (χ0) is 13.1. The SMILES string of the molecule is NC(c1ccccc1)c1nnc(Cc2ccsc2)o1. The summed E-state index contributed by atoms with van der Waals surface area (Å²) in [7, 11) is 0. The highest BCUT2D eigenvalue weighted by molar-refractivity contribution is 7.07. The molecule has 0 saturated heterocycles. The standard InChI is InChI=1S/C14H13N3OS/c15-13(11-4-2-1-3-5-11)14-17-16-12(18-14)8-10-6-7-19-9-10/h1-7,9,13H,8,15H2. The molecule has 2 aromatic heterocycles. The van der Waals surface area contributed by atoms with Crippen LogP contribution in [0.3, 0.4) is 0 Å². The van der Waals surface area contributed by atoms with Crippen LogP contribution in [0, 0.1) is 0 Å². The number of hydrogen-bond acceptors (Lipinski definition) is 5. The van der Waals surface area contributed by atoms with Crippen LogP contribution in [0.1, 0.15) is 29.0 Å². The number of nitrogens with two attached hydrogens (primary N) is 1. The summed E-state index contributed by atoms with van der Waals surface area (Å²) in [5.74, 6) is 1.05. The Balaban J connectivity index is 1.78. The van der Waals surface area contributed by atoms with Crippen molar-refractivity contribution in [3.63, 3.8) is 0 Å². The van der Waals surface area contributed by atoms with Crippen molar-refractivity contribution in [1.29, 1.82) is 0 Å². The maximum atomic E-state index is 6.11. The lowest BCUT2D eigenvalue weighted by molar-refractivity contribution is 0.441. The maximum absolute atomic E-state index is 6.11. The van der Waals surface area contributed by atoms with E-state index in [4.69, 9.17) is 10.2 Å². The van der Waals surface area contributed by atoms with Gasteiger partial charge in [-0.15, -0.1) is 10.2 Å². The molecule has 0 aliphatic rings. The number of nitrogens with zero attached hydrogens (tertiary/aromatic N) is 2. The second-order valence-electron chi connectivity index (χ2n) is 4.23. The van der Waals surface area contributed by atoms with Gasteiger partial charge < -0.3 is 10.2 Å². The van der Waals surface area contributed by atoms with Gasteiger partial charge in [0.15, 0.2) is 0 Å². The molecule has 0 spiro atoms. The van der Waals surface area contributed by atoms with Gasteiger partial charge in [0.25, 0.3) is 0 Å². The molecule has 2 heterocycles. The topological polar surface area (TPSA) is 64.9 Å². The van der Waals surface area contributed by atoms with Gasteiger partial charge in [0.05, 0.1) is 6.42 Å². The number of rotatable bonds is 4. The molecule has 0 amide bonds. The van der Waals surface area contributed by atoms with E-state index in [1.807, 2.05) is 41.8 Å². The molecule has 3 aromatic rings. The predicted molar refractivity (Wildman–Crippen MR) is 73.9 cm³/mol. The highest BCUT2D eigenvalue weighted by Gasteiger charge is 2.16. The van der Waals surface area contributed by atoms with E-state index >= 15 is 0 Å². The predicted octanol–water partition coefficient (Wildman–Crippen LogP) is 2.77. The van der Waals surface area contributed by atoms with E-state index in [-0.39, 0.29) is 6.04 Å². The first-order valence-electron chi connectivity index (χ1n) is 5.97. The van der Waals surface area contributed by atoms with Crippen molar-refractivity contribution in [3.8, 4) is 0 Å². The molecule has 0 aliphatic carbocycles. The molecular weight excluding hydrogens is 258 g/mol. The normalized spacial score (nSPS) is 12.5. The van der Waals surface area contributed by atoms with Gasteiger partial charge in [0, 0.05) is 0 Å². The molecule has 0 bridgehead atoms. The van der Waals surface area contributed by atoms with Crippen molar-refractivity contribution in [3.05, 3.63) is 70.1 Å². The molecule has 19 heavy (non-hydrogen) atoms. The Morgan fingerprint density at radius 1 is 1.16 bits per heavy atom. The number of hydrogen-bond donors (Lipinski definition) is 1. The Kier molecular flexibility index (Phi) is 3.39. The van der Waals surface area contributed by atoms with Crippen molar-refractivity contribution < 1.29 is 4.42 Å². The zero-order valence-corrected chi connectivity index (χ0v) is 11.0. The van der Waals surface area contributed by atoms with Gasteiger partial charge in [-0.25, -0.2) is 0 Å². The second-order valence-corrected chi connectivity index (χ2v) is 5.01. The first-order valence-corrected chi connectivity index (χ1v) is 6.91. The molecule has 3 rings (SSSR count). The van der Waals surface area contributed by atoms with Gasteiger partial charge in [-0.2, -0.15) is 11.3 Å². The minimum absolute atomic E-state index is 0.370. The molecule has 5 heteroatoms. The molecule has 1 atom stereocenters. The monoisotopic (exact) mass is 271 g/mol. The van der Waals surface area contributed by atoms with Gasteiger partial charge in [0.1, 0.15) is 6.04 Å². The summed E-state index contributed by atoms with van der Waals surface area (Å²) in [5.41, 5.74) is 8.25. The third-order valence-corrected chi connectivity index (χ3v) is 3.57. The van der Waals surface area contributed by atoms with E-state index in [1.165, 1.54) is 5.56 Å². The zero-order valence-electron chi connectivity index (χ0n) is 10.2. The number of aromatic nitrogens is 2. The summed E-state index contributed by atoms with van der Waals surface area (Å²) < 4.78 is 5.63. The average Bonchev–Trinajstić information content (AvgIpc) is 3.11. The van der Waals surface area contributed by atoms with Gasteiger partial charge in [-0.1, -0.05) is 30.3 Å². The molecule has 1 aromatic carbocycles. The first kappa shape index (κ1) is 12.1. The van der Waals surface area contributed by atoms with Crippen LogP contribution in [-0.2, 0) is 6.42 Å². The fourth-order valence-electron chi connectivity index (χ4n) is 1.83. The Labute approximate surface area is 114 Å². The van der Waals surface area contributed by atoms with Gasteiger partial charge in [-0.05, 0) is 28.0 Å². The van der Waals surface area contributed by atoms with Gasteiger partial charge in [-0.3, -0.25) is 0 Å². The highest BCUT2D eigenvalue weighted by Crippen LogP contribution is 2.19. The summed E-state index contributed by atoms with van der Waals surface area (Å²) in [6.07, 6.45) is 0.651. The summed E-state index contributed by atoms with van der Waals surface area (Å²) in [4.78, 5) is 0. The largest absolute Gasteiger partial charge is 0.423 e. The lowest BCUT2D eigenvalue weighted by atomic mass is 10.1. The van der Waals surface area contributed by atoms with Crippen LogP contribution in [0.2, 0.25) is 0 Å². The number of thiophene rings is 1. The second kappa shape index (κ2) is 5.34. The fraction of sp³-hybridized carbons (Fsp3) is 0.143. The highest BCUT2D eigenvalue weighted by atomic mass is 32.1. The Morgan fingerprint density at radius 2 is 2.00 bits per heavy atom. The molecular formula is C14H13N3OS. The van der Waals surface area contributed by atoms with Crippen LogP contribution < -0.4 is 5.73 Å². The molecule has 0 fully saturated rings. The molecule has 0 saturated carbocycles. The third-order valence-electron chi connectivity index (χ3n) is 2.84. The van der Waals surface area contributed by atoms with E-state index in [2.05, 4.69) is 15.6 Å². The van der Waals surface area contributed by atoms with Crippen molar-refractivity contribution in [2.75, 3.05) is 0 Å². The van der Waals surface area contributed by atoms with Gasteiger partial charge >= 0.3 is 0 Å². The first-order chi connectivity index (χ1) is 9.33. The lowest BCUT2D eigenvalue weighted by Gasteiger charge is -2.06. The van der Waals surface area contributed by atoms with Crippen LogP contribution in [0.25, 0.3) is 0 Å². The maximum Gasteiger partial charge on any atom is 0.237 e. The minimum atomic E-state index is -0.370. The average molecular weight is 271 g/mol. The Hall–Kier alpha value is -1.98. The molecule has 1 unspecified atom stereocenters. The van der Waals surface area contributed by atoms with Crippen LogP contribution in [0.4, 0.5) is 0 Å². The summed E-state index contributed by atoms with van der Waals surface area (Å²) in [6, 6.07) is 11.4. The Morgan fingerprint density at radius 3 is 2.74 bits per heavy atom. The quantitative estimate of drug-likeness (QED) is 0.792. The Bertz CT molecular complexity index is 634. The van der Waals surface area contributed by atoms with E-state index in [0.29, 0.717) is 18.2 Å². The van der Waals surface area contributed by atoms with E-state index < -0.39 is 0 Å². The number of benzene rings is 1. The van der Waals surface area contributed by atoms with E-state index in [0.717, 1.165) is 5.56 Å². The van der Waals surface area contributed by atoms with Crippen molar-refractivity contribution >= 4 is 11.3 Å². The van der Waals surface area contributed by atoms with Crippen molar-refractivity contribution in [1.82, 2.24) is 10.2 Å². The fourth-order valence-corrected chi connectivity index (χ4v) is 2.50.